The summed E-state index contributed by atoms with van der Waals surface area (Å²) in [6.45, 7) is 1.23. The van der Waals surface area contributed by atoms with E-state index in [1.54, 1.807) is 6.07 Å². The molecule has 1 amide bonds. The Morgan fingerprint density at radius 1 is 1.03 bits per heavy atom. The van der Waals surface area contributed by atoms with Crippen LogP contribution in [0.2, 0.25) is 0 Å². The average Bonchev–Trinajstić information content (AvgIpc) is 3.07. The van der Waals surface area contributed by atoms with Gasteiger partial charge in [0.2, 0.25) is 0 Å². The predicted molar refractivity (Wildman–Crippen MR) is 124 cm³/mol. The van der Waals surface area contributed by atoms with Crippen molar-refractivity contribution in [2.75, 3.05) is 24.7 Å². The second kappa shape index (κ2) is 8.71. The Bertz CT molecular complexity index is 1150. The molecule has 0 saturated carbocycles. The number of nitrogens with one attached hydrogen (secondary N) is 2. The second-order valence-electron chi connectivity index (χ2n) is 7.86. The van der Waals surface area contributed by atoms with Crippen LogP contribution in [0.3, 0.4) is 0 Å². The SMILES string of the molecule is CN(C)Cc1ccc(N/C(=C2\C(=O)Nc3cc(F)ccc32)c2cccc(CN)c2)cc1. The summed E-state index contributed by atoms with van der Waals surface area (Å²) >= 11 is 0. The van der Waals surface area contributed by atoms with Gasteiger partial charge in [-0.05, 0) is 67.2 Å². The van der Waals surface area contributed by atoms with Crippen molar-refractivity contribution in [2.45, 2.75) is 13.1 Å². The number of nitrogens with two attached hydrogens (primary N) is 1. The van der Waals surface area contributed by atoms with Gasteiger partial charge in [-0.1, -0.05) is 30.3 Å². The highest BCUT2D eigenvalue weighted by atomic mass is 19.1. The Morgan fingerprint density at radius 2 is 1.81 bits per heavy atom. The molecule has 0 aromatic heterocycles. The zero-order valence-corrected chi connectivity index (χ0v) is 17.6. The zero-order valence-electron chi connectivity index (χ0n) is 17.6. The second-order valence-corrected chi connectivity index (χ2v) is 7.86. The number of hydrogen-bond donors (Lipinski definition) is 3. The standard InChI is InChI=1S/C25H25FN4O/c1-30(2)15-16-6-9-20(10-7-16)28-24(18-5-3-4-17(12-18)14-27)23-21-11-8-19(26)13-22(21)29-25(23)31/h3-13,28H,14-15,27H2,1-2H3,(H,29,31)/b24-23-. The van der Waals surface area contributed by atoms with Gasteiger partial charge >= 0.3 is 0 Å². The first-order valence-electron chi connectivity index (χ1n) is 10.1. The van der Waals surface area contributed by atoms with E-state index in [9.17, 15) is 9.18 Å². The smallest absolute Gasteiger partial charge is 0.258 e. The molecule has 5 nitrogen and oxygen atoms in total. The molecule has 0 saturated heterocycles. The molecule has 4 N–H and O–H groups in total. The molecule has 0 atom stereocenters. The monoisotopic (exact) mass is 416 g/mol. The van der Waals surface area contributed by atoms with Crippen LogP contribution in [0.5, 0.6) is 0 Å². The van der Waals surface area contributed by atoms with Gasteiger partial charge in [0.05, 0.1) is 17.0 Å². The average molecular weight is 417 g/mol. The molecule has 1 heterocycles. The molecule has 4 rings (SSSR count). The maximum Gasteiger partial charge on any atom is 0.258 e. The zero-order chi connectivity index (χ0) is 22.0. The lowest BCUT2D eigenvalue weighted by atomic mass is 9.98. The maximum atomic E-state index is 13.7. The molecule has 3 aromatic carbocycles. The molecule has 0 spiro atoms. The molecule has 0 radical (unpaired) electrons. The summed E-state index contributed by atoms with van der Waals surface area (Å²) in [6, 6.07) is 20.2. The molecular weight excluding hydrogens is 391 g/mol. The lowest BCUT2D eigenvalue weighted by Gasteiger charge is -2.16. The maximum absolute atomic E-state index is 13.7. The van der Waals surface area contributed by atoms with Crippen molar-refractivity contribution in [1.29, 1.82) is 0 Å². The van der Waals surface area contributed by atoms with Crippen LogP contribution < -0.4 is 16.4 Å². The molecule has 31 heavy (non-hydrogen) atoms. The number of rotatable bonds is 6. The number of fused-ring (bicyclic) bond motifs is 1. The highest BCUT2D eigenvalue weighted by molar-refractivity contribution is 6.37. The Kier molecular flexibility index (Phi) is 5.84. The molecule has 0 aliphatic carbocycles. The van der Waals surface area contributed by atoms with E-state index >= 15 is 0 Å². The van der Waals surface area contributed by atoms with E-state index in [2.05, 4.69) is 27.7 Å². The topological polar surface area (TPSA) is 70.4 Å². The minimum atomic E-state index is -0.392. The number of benzene rings is 3. The van der Waals surface area contributed by atoms with Crippen LogP contribution in [-0.2, 0) is 17.9 Å². The van der Waals surface area contributed by atoms with Crippen LogP contribution >= 0.6 is 0 Å². The minimum absolute atomic E-state index is 0.273. The van der Waals surface area contributed by atoms with Crippen molar-refractivity contribution in [2.24, 2.45) is 5.73 Å². The van der Waals surface area contributed by atoms with Crippen molar-refractivity contribution in [3.05, 3.63) is 94.8 Å². The lowest BCUT2D eigenvalue weighted by Crippen LogP contribution is -2.11. The van der Waals surface area contributed by atoms with Crippen LogP contribution in [-0.4, -0.2) is 24.9 Å². The van der Waals surface area contributed by atoms with Crippen LogP contribution in [0.15, 0.2) is 66.7 Å². The largest absolute Gasteiger partial charge is 0.354 e. The van der Waals surface area contributed by atoms with Crippen molar-refractivity contribution in [3.63, 3.8) is 0 Å². The number of hydrogen-bond acceptors (Lipinski definition) is 4. The van der Waals surface area contributed by atoms with Gasteiger partial charge in [-0.15, -0.1) is 0 Å². The first-order valence-corrected chi connectivity index (χ1v) is 10.1. The first-order chi connectivity index (χ1) is 14.9. The Morgan fingerprint density at radius 3 is 2.52 bits per heavy atom. The van der Waals surface area contributed by atoms with Crippen molar-refractivity contribution in [3.8, 4) is 0 Å². The molecule has 0 fully saturated rings. The Hall–Kier alpha value is -3.48. The van der Waals surface area contributed by atoms with E-state index < -0.39 is 5.82 Å². The summed E-state index contributed by atoms with van der Waals surface area (Å²) in [7, 11) is 4.05. The summed E-state index contributed by atoms with van der Waals surface area (Å²) in [4.78, 5) is 15.0. The Labute approximate surface area is 181 Å². The van der Waals surface area contributed by atoms with Gasteiger partial charge in [0.1, 0.15) is 5.82 Å². The fourth-order valence-electron chi connectivity index (χ4n) is 3.73. The predicted octanol–water partition coefficient (Wildman–Crippen LogP) is 4.28. The molecule has 1 aliphatic heterocycles. The summed E-state index contributed by atoms with van der Waals surface area (Å²) in [5.74, 6) is -0.665. The summed E-state index contributed by atoms with van der Waals surface area (Å²) < 4.78 is 13.7. The highest BCUT2D eigenvalue weighted by Gasteiger charge is 2.28. The van der Waals surface area contributed by atoms with Gasteiger partial charge in [-0.25, -0.2) is 4.39 Å². The van der Waals surface area contributed by atoms with Crippen LogP contribution in [0.4, 0.5) is 15.8 Å². The van der Waals surface area contributed by atoms with E-state index in [1.165, 1.54) is 17.7 Å². The summed E-state index contributed by atoms with van der Waals surface area (Å²) in [5.41, 5.74) is 11.9. The van der Waals surface area contributed by atoms with Crippen LogP contribution in [0.1, 0.15) is 22.3 Å². The van der Waals surface area contributed by atoms with E-state index in [0.29, 0.717) is 29.1 Å². The fraction of sp³-hybridized carbons (Fsp3) is 0.160. The third-order valence-corrected chi connectivity index (χ3v) is 5.15. The fourth-order valence-corrected chi connectivity index (χ4v) is 3.73. The number of carbonyl (C=O) groups excluding carboxylic acids is 1. The number of anilines is 2. The molecule has 3 aromatic rings. The number of nitrogens with zero attached hydrogens (tertiary/aromatic N) is 1. The van der Waals surface area contributed by atoms with Crippen molar-refractivity contribution >= 4 is 28.6 Å². The third kappa shape index (κ3) is 4.50. The molecular formula is C25H25FN4O. The van der Waals surface area contributed by atoms with Crippen LogP contribution in [0.25, 0.3) is 11.3 Å². The molecule has 158 valence electrons. The quantitative estimate of drug-likeness (QED) is 0.525. The van der Waals surface area contributed by atoms with E-state index in [0.717, 1.165) is 23.4 Å². The van der Waals surface area contributed by atoms with Gasteiger partial charge in [0.15, 0.2) is 0 Å². The molecule has 0 bridgehead atoms. The van der Waals surface area contributed by atoms with E-state index in [4.69, 9.17) is 5.73 Å². The van der Waals surface area contributed by atoms with Gasteiger partial charge in [0, 0.05) is 24.3 Å². The van der Waals surface area contributed by atoms with E-state index in [-0.39, 0.29) is 5.91 Å². The Balaban J connectivity index is 1.81. The molecule has 0 unspecified atom stereocenters. The molecule has 6 heteroatoms. The minimum Gasteiger partial charge on any atom is -0.354 e. The van der Waals surface area contributed by atoms with Crippen LogP contribution in [0, 0.1) is 5.82 Å². The summed E-state index contributed by atoms with van der Waals surface area (Å²) in [5, 5.41) is 6.20. The normalized spacial score (nSPS) is 14.4. The summed E-state index contributed by atoms with van der Waals surface area (Å²) in [6.07, 6.45) is 0. The highest BCUT2D eigenvalue weighted by Crippen LogP contribution is 2.38. The van der Waals surface area contributed by atoms with Gasteiger partial charge in [0.25, 0.3) is 5.91 Å². The molecule has 1 aliphatic rings. The van der Waals surface area contributed by atoms with E-state index in [1.807, 2.05) is 50.5 Å². The number of amides is 1. The van der Waals surface area contributed by atoms with Gasteiger partial charge in [-0.3, -0.25) is 4.79 Å². The van der Waals surface area contributed by atoms with Crippen molar-refractivity contribution < 1.29 is 9.18 Å². The van der Waals surface area contributed by atoms with Gasteiger partial charge < -0.3 is 21.3 Å². The number of carbonyl (C=O) groups is 1. The number of halogens is 1. The van der Waals surface area contributed by atoms with Gasteiger partial charge in [-0.2, -0.15) is 0 Å². The van der Waals surface area contributed by atoms with Crippen molar-refractivity contribution in [1.82, 2.24) is 4.90 Å². The first kappa shape index (κ1) is 20.8. The third-order valence-electron chi connectivity index (χ3n) is 5.15. The lowest BCUT2D eigenvalue weighted by molar-refractivity contribution is -0.110.